The molecule has 0 aromatic carbocycles. The van der Waals surface area contributed by atoms with Gasteiger partial charge in [0.2, 0.25) is 5.91 Å². The highest BCUT2D eigenvalue weighted by atomic mass is 32.2. The predicted octanol–water partition coefficient (Wildman–Crippen LogP) is 0.658. The smallest absolute Gasteiger partial charge is 0.239 e. The minimum atomic E-state index is -2.90. The van der Waals surface area contributed by atoms with Crippen molar-refractivity contribution in [1.82, 2.24) is 10.2 Å². The molecular formula is C12H26N2O3S. The molecule has 1 unspecified atom stereocenters. The van der Waals surface area contributed by atoms with Crippen LogP contribution in [-0.2, 0) is 14.6 Å². The molecule has 0 aliphatic rings. The van der Waals surface area contributed by atoms with Crippen LogP contribution in [0.2, 0.25) is 0 Å². The number of carbonyl (C=O) groups excluding carboxylic acids is 1. The molecule has 108 valence electrons. The average Bonchev–Trinajstić information content (AvgIpc) is 2.35. The Morgan fingerprint density at radius 3 is 2.22 bits per heavy atom. The fourth-order valence-electron chi connectivity index (χ4n) is 1.65. The molecule has 6 heteroatoms. The van der Waals surface area contributed by atoms with Gasteiger partial charge < -0.3 is 10.2 Å². The standard InChI is InChI=1S/C12H26N2O3S/c1-5-14(6-2)12(15)11(4)13-9-8-10-18(16,17)7-3/h11,13H,5-10H2,1-4H3. The lowest BCUT2D eigenvalue weighted by molar-refractivity contribution is -0.132. The molecule has 0 aliphatic heterocycles. The summed E-state index contributed by atoms with van der Waals surface area (Å²) in [7, 11) is -2.90. The summed E-state index contributed by atoms with van der Waals surface area (Å²) in [6.07, 6.45) is 0.548. The van der Waals surface area contributed by atoms with E-state index in [-0.39, 0.29) is 23.5 Å². The first-order chi connectivity index (χ1) is 8.37. The van der Waals surface area contributed by atoms with Crippen molar-refractivity contribution >= 4 is 15.7 Å². The number of hydrogen-bond donors (Lipinski definition) is 1. The maximum absolute atomic E-state index is 11.9. The largest absolute Gasteiger partial charge is 0.342 e. The number of nitrogens with one attached hydrogen (secondary N) is 1. The number of sulfone groups is 1. The van der Waals surface area contributed by atoms with Gasteiger partial charge >= 0.3 is 0 Å². The second-order valence-corrected chi connectivity index (χ2v) is 6.75. The van der Waals surface area contributed by atoms with Gasteiger partial charge in [-0.2, -0.15) is 0 Å². The Hall–Kier alpha value is -0.620. The summed E-state index contributed by atoms with van der Waals surface area (Å²) in [6.45, 7) is 9.30. The highest BCUT2D eigenvalue weighted by molar-refractivity contribution is 7.91. The van der Waals surface area contributed by atoms with Crippen molar-refractivity contribution in [2.45, 2.75) is 40.2 Å². The van der Waals surface area contributed by atoms with Gasteiger partial charge in [-0.15, -0.1) is 0 Å². The number of nitrogens with zero attached hydrogens (tertiary/aromatic N) is 1. The Morgan fingerprint density at radius 2 is 1.78 bits per heavy atom. The summed E-state index contributed by atoms with van der Waals surface area (Å²) in [6, 6.07) is -0.255. The third-order valence-electron chi connectivity index (χ3n) is 2.97. The highest BCUT2D eigenvalue weighted by Crippen LogP contribution is 1.96. The van der Waals surface area contributed by atoms with E-state index in [1.807, 2.05) is 20.8 Å². The van der Waals surface area contributed by atoms with Crippen molar-refractivity contribution in [1.29, 1.82) is 0 Å². The van der Waals surface area contributed by atoms with Gasteiger partial charge in [0.05, 0.1) is 11.8 Å². The van der Waals surface area contributed by atoms with Crippen LogP contribution in [0.4, 0.5) is 0 Å². The number of hydrogen-bond acceptors (Lipinski definition) is 4. The molecule has 0 spiro atoms. The second-order valence-electron chi connectivity index (χ2n) is 4.28. The second kappa shape index (κ2) is 8.48. The molecule has 18 heavy (non-hydrogen) atoms. The molecule has 0 aliphatic carbocycles. The zero-order valence-corrected chi connectivity index (χ0v) is 12.7. The van der Waals surface area contributed by atoms with E-state index in [0.29, 0.717) is 26.1 Å². The molecule has 0 aromatic heterocycles. The van der Waals surface area contributed by atoms with Gasteiger partial charge in [-0.25, -0.2) is 8.42 Å². The quantitative estimate of drug-likeness (QED) is 0.629. The van der Waals surface area contributed by atoms with Gasteiger partial charge in [-0.1, -0.05) is 6.92 Å². The van der Waals surface area contributed by atoms with E-state index in [1.54, 1.807) is 11.8 Å². The topological polar surface area (TPSA) is 66.5 Å². The number of amides is 1. The molecule has 1 N–H and O–H groups in total. The van der Waals surface area contributed by atoms with Crippen LogP contribution < -0.4 is 5.32 Å². The monoisotopic (exact) mass is 278 g/mol. The fourth-order valence-corrected chi connectivity index (χ4v) is 2.52. The summed E-state index contributed by atoms with van der Waals surface area (Å²) in [5.74, 6) is 0.433. The van der Waals surface area contributed by atoms with Crippen LogP contribution >= 0.6 is 0 Å². The van der Waals surface area contributed by atoms with Crippen LogP contribution in [0.25, 0.3) is 0 Å². The molecule has 0 fully saturated rings. The van der Waals surface area contributed by atoms with Gasteiger partial charge in [-0.3, -0.25) is 4.79 Å². The first-order valence-corrected chi connectivity index (χ1v) is 8.42. The van der Waals surface area contributed by atoms with Crippen LogP contribution in [-0.4, -0.2) is 56.4 Å². The van der Waals surface area contributed by atoms with Gasteiger partial charge in [0.1, 0.15) is 9.84 Å². The fraction of sp³-hybridized carbons (Fsp3) is 0.917. The molecule has 0 saturated heterocycles. The zero-order valence-electron chi connectivity index (χ0n) is 11.9. The van der Waals surface area contributed by atoms with E-state index >= 15 is 0 Å². The van der Waals surface area contributed by atoms with Crippen molar-refractivity contribution in [3.8, 4) is 0 Å². The lowest BCUT2D eigenvalue weighted by atomic mass is 10.2. The van der Waals surface area contributed by atoms with Crippen LogP contribution in [0.15, 0.2) is 0 Å². The maximum Gasteiger partial charge on any atom is 0.239 e. The summed E-state index contributed by atoms with van der Waals surface area (Å²) < 4.78 is 22.6. The number of carbonyl (C=O) groups is 1. The van der Waals surface area contributed by atoms with Crippen molar-refractivity contribution in [3.05, 3.63) is 0 Å². The maximum atomic E-state index is 11.9. The molecular weight excluding hydrogens is 252 g/mol. The van der Waals surface area contributed by atoms with Crippen molar-refractivity contribution in [2.24, 2.45) is 0 Å². The molecule has 1 amide bonds. The lowest BCUT2D eigenvalue weighted by Gasteiger charge is -2.23. The molecule has 5 nitrogen and oxygen atoms in total. The lowest BCUT2D eigenvalue weighted by Crippen LogP contribution is -2.45. The van der Waals surface area contributed by atoms with Gasteiger partial charge in [0, 0.05) is 18.8 Å². The van der Waals surface area contributed by atoms with E-state index < -0.39 is 9.84 Å². The Labute approximate surface area is 111 Å². The minimum Gasteiger partial charge on any atom is -0.342 e. The van der Waals surface area contributed by atoms with E-state index in [2.05, 4.69) is 5.32 Å². The predicted molar refractivity (Wildman–Crippen MR) is 74.3 cm³/mol. The first-order valence-electron chi connectivity index (χ1n) is 6.60. The van der Waals surface area contributed by atoms with E-state index in [9.17, 15) is 13.2 Å². The minimum absolute atomic E-state index is 0.0679. The number of likely N-dealkylation sites (N-methyl/N-ethyl adjacent to an activating group) is 1. The van der Waals surface area contributed by atoms with Crippen molar-refractivity contribution < 1.29 is 13.2 Å². The van der Waals surface area contributed by atoms with Crippen molar-refractivity contribution in [2.75, 3.05) is 31.1 Å². The summed E-state index contributed by atoms with van der Waals surface area (Å²) in [5.41, 5.74) is 0. The molecule has 0 aromatic rings. The molecule has 0 rings (SSSR count). The Kier molecular flexibility index (Phi) is 8.18. The normalized spacial score (nSPS) is 13.3. The van der Waals surface area contributed by atoms with Crippen LogP contribution in [0.5, 0.6) is 0 Å². The van der Waals surface area contributed by atoms with Crippen LogP contribution in [0, 0.1) is 0 Å². The third-order valence-corrected chi connectivity index (χ3v) is 4.76. The Morgan fingerprint density at radius 1 is 1.22 bits per heavy atom. The molecule has 0 saturated carbocycles. The number of rotatable bonds is 9. The summed E-state index contributed by atoms with van der Waals surface area (Å²) in [4.78, 5) is 13.7. The van der Waals surface area contributed by atoms with Crippen LogP contribution in [0.1, 0.15) is 34.1 Å². The summed E-state index contributed by atoms with van der Waals surface area (Å²) >= 11 is 0. The van der Waals surface area contributed by atoms with E-state index in [0.717, 1.165) is 0 Å². The molecule has 0 heterocycles. The third kappa shape index (κ3) is 6.35. The Balaban J connectivity index is 3.97. The molecule has 0 radical (unpaired) electrons. The van der Waals surface area contributed by atoms with Gasteiger partial charge in [0.25, 0.3) is 0 Å². The van der Waals surface area contributed by atoms with Gasteiger partial charge in [-0.05, 0) is 33.7 Å². The zero-order chi connectivity index (χ0) is 14.2. The molecule has 0 bridgehead atoms. The van der Waals surface area contributed by atoms with Crippen LogP contribution in [0.3, 0.4) is 0 Å². The van der Waals surface area contributed by atoms with E-state index in [4.69, 9.17) is 0 Å². The van der Waals surface area contributed by atoms with E-state index in [1.165, 1.54) is 0 Å². The summed E-state index contributed by atoms with van der Waals surface area (Å²) in [5, 5.41) is 3.07. The first kappa shape index (κ1) is 17.4. The highest BCUT2D eigenvalue weighted by Gasteiger charge is 2.17. The average molecular weight is 278 g/mol. The Bertz CT molecular complexity index is 337. The molecule has 1 atom stereocenters. The SMILES string of the molecule is CCN(CC)C(=O)C(C)NCCCS(=O)(=O)CC. The van der Waals surface area contributed by atoms with Crippen molar-refractivity contribution in [3.63, 3.8) is 0 Å². The van der Waals surface area contributed by atoms with Gasteiger partial charge in [0.15, 0.2) is 0 Å².